The maximum Gasteiger partial charge on any atom is 0.164 e. The predicted octanol–water partition coefficient (Wildman–Crippen LogP) is 11.8. The fourth-order valence-electron chi connectivity index (χ4n) is 7.36. The van der Waals surface area contributed by atoms with Crippen LogP contribution in [0.1, 0.15) is 0 Å². The number of para-hydroxylation sites is 2. The van der Waals surface area contributed by atoms with Crippen LogP contribution in [0.2, 0.25) is 0 Å². The minimum absolute atomic E-state index is 0.588. The molecule has 10 aromatic rings. The summed E-state index contributed by atoms with van der Waals surface area (Å²) in [5.41, 5.74) is 12.9. The molecular formula is C49H32N6. The number of benzene rings is 6. The molecule has 0 N–H and O–H groups in total. The molecule has 4 aromatic heterocycles. The van der Waals surface area contributed by atoms with Crippen LogP contribution in [0.15, 0.2) is 195 Å². The highest BCUT2D eigenvalue weighted by Gasteiger charge is 2.16. The molecule has 0 unspecified atom stereocenters. The number of rotatable bonds is 7. The summed E-state index contributed by atoms with van der Waals surface area (Å²) in [4.78, 5) is 23.0. The van der Waals surface area contributed by atoms with Crippen LogP contribution in [0.3, 0.4) is 0 Å². The summed E-state index contributed by atoms with van der Waals surface area (Å²) >= 11 is 0. The van der Waals surface area contributed by atoms with Crippen LogP contribution in [0, 0.1) is 0 Å². The van der Waals surface area contributed by atoms with Gasteiger partial charge >= 0.3 is 0 Å². The van der Waals surface area contributed by atoms with Crippen molar-refractivity contribution in [3.63, 3.8) is 0 Å². The second-order valence-corrected chi connectivity index (χ2v) is 13.4. The third kappa shape index (κ3) is 6.11. The van der Waals surface area contributed by atoms with Crippen LogP contribution < -0.4 is 0 Å². The van der Waals surface area contributed by atoms with E-state index in [0.29, 0.717) is 17.5 Å². The molecule has 6 heteroatoms. The zero-order valence-corrected chi connectivity index (χ0v) is 29.7. The Balaban J connectivity index is 1.12. The Morgan fingerprint density at radius 3 is 1.25 bits per heavy atom. The Kier molecular flexibility index (Phi) is 8.04. The van der Waals surface area contributed by atoms with Gasteiger partial charge in [-0.2, -0.15) is 0 Å². The fourth-order valence-corrected chi connectivity index (χ4v) is 7.36. The lowest BCUT2D eigenvalue weighted by atomic mass is 9.95. The molecule has 6 nitrogen and oxygen atoms in total. The average Bonchev–Trinajstić information content (AvgIpc) is 3.61. The van der Waals surface area contributed by atoms with E-state index in [1.54, 1.807) is 24.8 Å². The number of hydrogen-bond donors (Lipinski definition) is 0. The van der Waals surface area contributed by atoms with Crippen LogP contribution in [0.5, 0.6) is 0 Å². The van der Waals surface area contributed by atoms with Crippen molar-refractivity contribution >= 4 is 21.8 Å². The Morgan fingerprint density at radius 2 is 0.691 bits per heavy atom. The van der Waals surface area contributed by atoms with E-state index in [-0.39, 0.29) is 0 Å². The zero-order valence-electron chi connectivity index (χ0n) is 29.7. The third-order valence-electron chi connectivity index (χ3n) is 10.0. The van der Waals surface area contributed by atoms with Gasteiger partial charge in [0.15, 0.2) is 17.5 Å². The van der Waals surface area contributed by atoms with E-state index < -0.39 is 0 Å². The SMILES string of the molecule is c1ccc(-c2cccc(-c3cc(-c4ccc(-c5nc(-c6ccncc6)nc(-c6ccncc6)n5)cc4)cc(-n4c5ccccc5c5ccccc54)c3)c2)cc1. The quantitative estimate of drug-likeness (QED) is 0.165. The van der Waals surface area contributed by atoms with Crippen molar-refractivity contribution in [3.05, 3.63) is 195 Å². The first-order valence-electron chi connectivity index (χ1n) is 18.2. The van der Waals surface area contributed by atoms with Crippen molar-refractivity contribution in [2.75, 3.05) is 0 Å². The van der Waals surface area contributed by atoms with E-state index >= 15 is 0 Å². The Hall–Kier alpha value is -7.57. The summed E-state index contributed by atoms with van der Waals surface area (Å²) in [6.45, 7) is 0. The molecule has 0 aliphatic carbocycles. The molecule has 6 aromatic carbocycles. The second kappa shape index (κ2) is 13.8. The minimum atomic E-state index is 0.588. The molecule has 0 bridgehead atoms. The van der Waals surface area contributed by atoms with Crippen molar-refractivity contribution in [1.29, 1.82) is 0 Å². The topological polar surface area (TPSA) is 69.4 Å². The van der Waals surface area contributed by atoms with Gasteiger partial charge in [0.1, 0.15) is 0 Å². The fraction of sp³-hybridized carbons (Fsp3) is 0. The Labute approximate surface area is 318 Å². The van der Waals surface area contributed by atoms with Crippen molar-refractivity contribution < 1.29 is 0 Å². The minimum Gasteiger partial charge on any atom is -0.309 e. The molecule has 0 spiro atoms. The number of fused-ring (bicyclic) bond motifs is 3. The van der Waals surface area contributed by atoms with Crippen LogP contribution in [0.25, 0.3) is 95.0 Å². The normalized spacial score (nSPS) is 11.3. The summed E-state index contributed by atoms with van der Waals surface area (Å²) < 4.78 is 2.39. The number of aromatic nitrogens is 6. The van der Waals surface area contributed by atoms with Gasteiger partial charge in [0.25, 0.3) is 0 Å². The number of nitrogens with zero attached hydrogens (tertiary/aromatic N) is 6. The molecule has 0 saturated heterocycles. The summed E-state index contributed by atoms with van der Waals surface area (Å²) in [5.74, 6) is 1.77. The smallest absolute Gasteiger partial charge is 0.164 e. The summed E-state index contributed by atoms with van der Waals surface area (Å²) in [6, 6.07) is 59.7. The molecule has 10 rings (SSSR count). The van der Waals surface area contributed by atoms with Crippen molar-refractivity contribution in [1.82, 2.24) is 29.5 Å². The molecule has 0 radical (unpaired) electrons. The summed E-state index contributed by atoms with van der Waals surface area (Å²) in [6.07, 6.45) is 7.00. The molecule has 0 amide bonds. The van der Waals surface area contributed by atoms with Gasteiger partial charge in [-0.1, -0.05) is 109 Å². The van der Waals surface area contributed by atoms with E-state index in [0.717, 1.165) is 44.6 Å². The average molecular weight is 705 g/mol. The molecule has 0 aliphatic rings. The number of pyridine rings is 2. The summed E-state index contributed by atoms with van der Waals surface area (Å²) in [7, 11) is 0. The van der Waals surface area contributed by atoms with E-state index in [9.17, 15) is 0 Å². The molecule has 258 valence electrons. The molecule has 4 heterocycles. The van der Waals surface area contributed by atoms with Crippen LogP contribution in [-0.2, 0) is 0 Å². The van der Waals surface area contributed by atoms with Gasteiger partial charge in [0, 0.05) is 57.9 Å². The molecule has 0 fully saturated rings. The van der Waals surface area contributed by atoms with Crippen LogP contribution in [0.4, 0.5) is 0 Å². The lowest BCUT2D eigenvalue weighted by Crippen LogP contribution is -2.00. The van der Waals surface area contributed by atoms with Crippen LogP contribution in [-0.4, -0.2) is 29.5 Å². The first kappa shape index (κ1) is 32.1. The highest BCUT2D eigenvalue weighted by atomic mass is 15.0. The molecule has 0 saturated carbocycles. The molecule has 0 atom stereocenters. The van der Waals surface area contributed by atoms with Gasteiger partial charge < -0.3 is 4.57 Å². The standard InChI is InChI=1S/C49H32N6/c1-2-9-33(10-3-1)38-11-8-12-39(29-38)41-30-40(31-42(32-41)55-45-15-6-4-13-43(45)44-14-5-7-16-46(44)55)34-17-19-35(20-18-34)47-52-48(36-21-25-50-26-22-36)54-49(53-47)37-23-27-51-28-24-37/h1-32H. The summed E-state index contributed by atoms with van der Waals surface area (Å²) in [5, 5.41) is 2.46. The highest BCUT2D eigenvalue weighted by molar-refractivity contribution is 6.09. The molecular weight excluding hydrogens is 673 g/mol. The predicted molar refractivity (Wildman–Crippen MR) is 222 cm³/mol. The van der Waals surface area contributed by atoms with Gasteiger partial charge in [-0.15, -0.1) is 0 Å². The van der Waals surface area contributed by atoms with E-state index in [1.165, 1.54) is 32.9 Å². The monoisotopic (exact) mass is 704 g/mol. The van der Waals surface area contributed by atoms with E-state index in [1.807, 2.05) is 24.3 Å². The number of hydrogen-bond acceptors (Lipinski definition) is 5. The van der Waals surface area contributed by atoms with E-state index in [2.05, 4.69) is 160 Å². The third-order valence-corrected chi connectivity index (χ3v) is 10.0. The largest absolute Gasteiger partial charge is 0.309 e. The Bertz CT molecular complexity index is 2850. The van der Waals surface area contributed by atoms with Gasteiger partial charge in [-0.25, -0.2) is 15.0 Å². The van der Waals surface area contributed by atoms with Crippen molar-refractivity contribution in [3.8, 4) is 73.2 Å². The van der Waals surface area contributed by atoms with Gasteiger partial charge in [0.05, 0.1) is 11.0 Å². The first-order chi connectivity index (χ1) is 27.2. The molecule has 55 heavy (non-hydrogen) atoms. The van der Waals surface area contributed by atoms with Crippen LogP contribution >= 0.6 is 0 Å². The molecule has 0 aliphatic heterocycles. The van der Waals surface area contributed by atoms with E-state index in [4.69, 9.17) is 15.0 Å². The zero-order chi connectivity index (χ0) is 36.6. The second-order valence-electron chi connectivity index (χ2n) is 13.4. The highest BCUT2D eigenvalue weighted by Crippen LogP contribution is 2.37. The maximum absolute atomic E-state index is 4.93. The lowest BCUT2D eigenvalue weighted by Gasteiger charge is -2.15. The van der Waals surface area contributed by atoms with Gasteiger partial charge in [0.2, 0.25) is 0 Å². The van der Waals surface area contributed by atoms with Gasteiger partial charge in [-0.05, 0) is 94.0 Å². The Morgan fingerprint density at radius 1 is 0.291 bits per heavy atom. The van der Waals surface area contributed by atoms with Crippen molar-refractivity contribution in [2.45, 2.75) is 0 Å². The maximum atomic E-state index is 4.93. The first-order valence-corrected chi connectivity index (χ1v) is 18.2. The van der Waals surface area contributed by atoms with Gasteiger partial charge in [-0.3, -0.25) is 9.97 Å². The van der Waals surface area contributed by atoms with Crippen molar-refractivity contribution in [2.24, 2.45) is 0 Å². The lowest BCUT2D eigenvalue weighted by molar-refractivity contribution is 1.07.